The Hall–Kier alpha value is -4.65. The van der Waals surface area contributed by atoms with E-state index in [-0.39, 0.29) is 23.8 Å². The standard InChI is InChI=1S/C27H20N4O3/c1-17-28-21-10-4-2-8-19(21)26-25(20-9-3-5-11-22(20)31(17)26)29-27(33)23-14-13-18(34-23)16-30-15-7-6-12-24(30)32/h2-15H,16H2,1H3,(H,29,33). The van der Waals surface area contributed by atoms with Gasteiger partial charge in [-0.25, -0.2) is 4.98 Å². The van der Waals surface area contributed by atoms with Crippen LogP contribution in [-0.4, -0.2) is 19.9 Å². The molecule has 0 saturated carbocycles. The molecular weight excluding hydrogens is 428 g/mol. The summed E-state index contributed by atoms with van der Waals surface area (Å²) >= 11 is 0. The molecule has 0 bridgehead atoms. The average molecular weight is 448 g/mol. The first kappa shape index (κ1) is 20.0. The molecule has 4 aromatic heterocycles. The number of para-hydroxylation sites is 2. The van der Waals surface area contributed by atoms with Gasteiger partial charge in [-0.3, -0.25) is 14.0 Å². The van der Waals surface area contributed by atoms with Crippen molar-refractivity contribution in [3.8, 4) is 0 Å². The second kappa shape index (κ2) is 7.74. The Labute approximate surface area is 193 Å². The van der Waals surface area contributed by atoms with Crippen LogP contribution >= 0.6 is 0 Å². The van der Waals surface area contributed by atoms with E-state index in [1.165, 1.54) is 10.6 Å². The van der Waals surface area contributed by atoms with Crippen molar-refractivity contribution < 1.29 is 9.21 Å². The second-order valence-corrected chi connectivity index (χ2v) is 8.14. The molecule has 2 aromatic carbocycles. The Bertz CT molecular complexity index is 1770. The maximum atomic E-state index is 13.3. The van der Waals surface area contributed by atoms with Gasteiger partial charge in [-0.05, 0) is 37.3 Å². The number of nitrogens with one attached hydrogen (secondary N) is 1. The van der Waals surface area contributed by atoms with Crippen LogP contribution in [0.15, 0.2) is 94.3 Å². The van der Waals surface area contributed by atoms with E-state index in [2.05, 4.69) is 9.72 Å². The second-order valence-electron chi connectivity index (χ2n) is 8.14. The maximum Gasteiger partial charge on any atom is 0.291 e. The number of carbonyl (C=O) groups excluding carboxylic acids is 1. The van der Waals surface area contributed by atoms with Crippen molar-refractivity contribution in [2.75, 3.05) is 5.32 Å². The number of amides is 1. The topological polar surface area (TPSA) is 81.5 Å². The molecule has 0 saturated heterocycles. The molecule has 0 aliphatic heterocycles. The average Bonchev–Trinajstić information content (AvgIpc) is 3.44. The van der Waals surface area contributed by atoms with Gasteiger partial charge in [-0.15, -0.1) is 0 Å². The lowest BCUT2D eigenvalue weighted by Crippen LogP contribution is -2.18. The molecule has 0 radical (unpaired) electrons. The lowest BCUT2D eigenvalue weighted by Gasteiger charge is -2.08. The van der Waals surface area contributed by atoms with Crippen LogP contribution in [0, 0.1) is 6.92 Å². The number of hydrogen-bond acceptors (Lipinski definition) is 4. The predicted octanol–water partition coefficient (Wildman–Crippen LogP) is 5.00. The van der Waals surface area contributed by atoms with Gasteiger partial charge >= 0.3 is 0 Å². The van der Waals surface area contributed by atoms with Crippen LogP contribution in [0.5, 0.6) is 0 Å². The van der Waals surface area contributed by atoms with Crippen molar-refractivity contribution in [2.45, 2.75) is 13.5 Å². The molecule has 34 heavy (non-hydrogen) atoms. The van der Waals surface area contributed by atoms with Gasteiger partial charge < -0.3 is 14.3 Å². The van der Waals surface area contributed by atoms with Gasteiger partial charge in [0.1, 0.15) is 11.6 Å². The van der Waals surface area contributed by atoms with Crippen molar-refractivity contribution >= 4 is 38.9 Å². The van der Waals surface area contributed by atoms with Crippen molar-refractivity contribution in [3.05, 3.63) is 113 Å². The molecule has 6 rings (SSSR count). The highest BCUT2D eigenvalue weighted by atomic mass is 16.4. The minimum absolute atomic E-state index is 0.132. The number of hydrogen-bond donors (Lipinski definition) is 1. The van der Waals surface area contributed by atoms with E-state index in [1.54, 1.807) is 30.5 Å². The van der Waals surface area contributed by atoms with Crippen LogP contribution in [0.2, 0.25) is 0 Å². The largest absolute Gasteiger partial charge is 0.454 e. The van der Waals surface area contributed by atoms with Gasteiger partial charge in [0.2, 0.25) is 0 Å². The predicted molar refractivity (Wildman–Crippen MR) is 131 cm³/mol. The van der Waals surface area contributed by atoms with Gasteiger partial charge in [-0.1, -0.05) is 42.5 Å². The lowest BCUT2D eigenvalue weighted by molar-refractivity contribution is 0.0995. The number of fused-ring (bicyclic) bond motifs is 5. The summed E-state index contributed by atoms with van der Waals surface area (Å²) in [5.74, 6) is 1.18. The molecule has 166 valence electrons. The van der Waals surface area contributed by atoms with Crippen LogP contribution in [-0.2, 0) is 6.54 Å². The number of furan rings is 1. The SMILES string of the molecule is Cc1nc2ccccc2c2c(NC(=O)c3ccc(Cn4ccccc4=O)o3)c3ccccc3n12. The molecule has 0 aliphatic carbocycles. The minimum atomic E-state index is -0.358. The maximum absolute atomic E-state index is 13.3. The van der Waals surface area contributed by atoms with Gasteiger partial charge in [0.15, 0.2) is 5.76 Å². The van der Waals surface area contributed by atoms with E-state index >= 15 is 0 Å². The number of benzene rings is 2. The molecule has 0 aliphatic rings. The van der Waals surface area contributed by atoms with Crippen LogP contribution in [0.3, 0.4) is 0 Å². The summed E-state index contributed by atoms with van der Waals surface area (Å²) in [7, 11) is 0. The third kappa shape index (κ3) is 3.17. The Kier molecular flexibility index (Phi) is 4.55. The number of rotatable bonds is 4. The van der Waals surface area contributed by atoms with Crippen molar-refractivity contribution in [3.63, 3.8) is 0 Å². The molecule has 7 heteroatoms. The zero-order chi connectivity index (χ0) is 23.2. The molecule has 1 amide bonds. The highest BCUT2D eigenvalue weighted by Crippen LogP contribution is 2.36. The fraction of sp³-hybridized carbons (Fsp3) is 0.0741. The summed E-state index contributed by atoms with van der Waals surface area (Å²) in [4.78, 5) is 30.0. The lowest BCUT2D eigenvalue weighted by atomic mass is 10.1. The van der Waals surface area contributed by atoms with E-state index < -0.39 is 0 Å². The van der Waals surface area contributed by atoms with Gasteiger partial charge in [0.25, 0.3) is 11.5 Å². The first-order chi connectivity index (χ1) is 16.6. The summed E-state index contributed by atoms with van der Waals surface area (Å²) in [5, 5.41) is 4.95. The molecule has 4 heterocycles. The molecule has 1 N–H and O–H groups in total. The van der Waals surface area contributed by atoms with E-state index in [1.807, 2.05) is 55.5 Å². The monoisotopic (exact) mass is 448 g/mol. The quantitative estimate of drug-likeness (QED) is 0.411. The van der Waals surface area contributed by atoms with Crippen LogP contribution < -0.4 is 10.9 Å². The Morgan fingerprint density at radius 1 is 0.941 bits per heavy atom. The third-order valence-corrected chi connectivity index (χ3v) is 5.99. The van der Waals surface area contributed by atoms with E-state index in [9.17, 15) is 9.59 Å². The Morgan fingerprint density at radius 2 is 1.71 bits per heavy atom. The number of nitrogens with zero attached hydrogens (tertiary/aromatic N) is 3. The van der Waals surface area contributed by atoms with E-state index in [4.69, 9.17) is 9.40 Å². The summed E-state index contributed by atoms with van der Waals surface area (Å²) < 4.78 is 9.39. The van der Waals surface area contributed by atoms with Crippen LogP contribution in [0.4, 0.5) is 5.69 Å². The molecule has 7 nitrogen and oxygen atoms in total. The summed E-state index contributed by atoms with van der Waals surface area (Å²) in [5.41, 5.74) is 3.29. The summed E-state index contributed by atoms with van der Waals surface area (Å²) in [6, 6.07) is 24.1. The van der Waals surface area contributed by atoms with E-state index in [0.717, 1.165) is 33.1 Å². The highest BCUT2D eigenvalue weighted by Gasteiger charge is 2.20. The number of pyridine rings is 1. The number of aryl methyl sites for hydroxylation is 1. The smallest absolute Gasteiger partial charge is 0.291 e. The minimum Gasteiger partial charge on any atom is -0.454 e. The van der Waals surface area contributed by atoms with Gasteiger partial charge in [-0.2, -0.15) is 0 Å². The zero-order valence-corrected chi connectivity index (χ0v) is 18.4. The molecular formula is C27H20N4O3. The zero-order valence-electron chi connectivity index (χ0n) is 18.4. The Balaban J connectivity index is 1.44. The van der Waals surface area contributed by atoms with Crippen molar-refractivity contribution in [1.82, 2.24) is 14.0 Å². The first-order valence-corrected chi connectivity index (χ1v) is 10.9. The van der Waals surface area contributed by atoms with Crippen molar-refractivity contribution in [1.29, 1.82) is 0 Å². The van der Waals surface area contributed by atoms with Gasteiger partial charge in [0, 0.05) is 23.0 Å². The molecule has 0 atom stereocenters. The van der Waals surface area contributed by atoms with Crippen LogP contribution in [0.1, 0.15) is 22.1 Å². The fourth-order valence-corrected chi connectivity index (χ4v) is 4.47. The number of anilines is 1. The fourth-order valence-electron chi connectivity index (χ4n) is 4.47. The normalized spacial score (nSPS) is 11.4. The number of aromatic nitrogens is 3. The summed E-state index contributed by atoms with van der Waals surface area (Å²) in [6.07, 6.45) is 1.69. The van der Waals surface area contributed by atoms with Crippen LogP contribution in [0.25, 0.3) is 27.3 Å². The van der Waals surface area contributed by atoms with Gasteiger partial charge in [0.05, 0.1) is 28.8 Å². The Morgan fingerprint density at radius 3 is 2.56 bits per heavy atom. The molecule has 0 unspecified atom stereocenters. The van der Waals surface area contributed by atoms with Crippen molar-refractivity contribution in [2.24, 2.45) is 0 Å². The third-order valence-electron chi connectivity index (χ3n) is 5.99. The molecule has 6 aromatic rings. The summed E-state index contributed by atoms with van der Waals surface area (Å²) in [6.45, 7) is 2.21. The molecule has 0 spiro atoms. The highest BCUT2D eigenvalue weighted by molar-refractivity contribution is 6.18. The molecule has 0 fully saturated rings. The van der Waals surface area contributed by atoms with E-state index in [0.29, 0.717) is 11.4 Å². The first-order valence-electron chi connectivity index (χ1n) is 10.9. The number of carbonyl (C=O) groups is 1.